The predicted molar refractivity (Wildman–Crippen MR) is 76.8 cm³/mol. The van der Waals surface area contributed by atoms with Crippen LogP contribution in [-0.4, -0.2) is 12.7 Å². The summed E-state index contributed by atoms with van der Waals surface area (Å²) in [5.74, 6) is 1.12. The Morgan fingerprint density at radius 3 is 2.95 bits per heavy atom. The largest absolute Gasteiger partial charge is 0.619 e. The van der Waals surface area contributed by atoms with Crippen LogP contribution in [0, 0.1) is 5.21 Å². The molecule has 0 spiro atoms. The van der Waals surface area contributed by atoms with Gasteiger partial charge in [0.25, 0.3) is 5.91 Å². The minimum atomic E-state index is -0.264. The van der Waals surface area contributed by atoms with Gasteiger partial charge in [-0.25, -0.2) is 0 Å². The zero-order chi connectivity index (χ0) is 14.8. The van der Waals surface area contributed by atoms with Gasteiger partial charge in [0.1, 0.15) is 0 Å². The highest BCUT2D eigenvalue weighted by Crippen LogP contribution is 2.32. The maximum absolute atomic E-state index is 12.1. The highest BCUT2D eigenvalue weighted by atomic mass is 79.9. The molecule has 0 fully saturated rings. The van der Waals surface area contributed by atoms with Gasteiger partial charge in [-0.2, -0.15) is 4.73 Å². The number of amides is 1. The van der Waals surface area contributed by atoms with Gasteiger partial charge >= 0.3 is 0 Å². The van der Waals surface area contributed by atoms with Crippen LogP contribution in [0.5, 0.6) is 11.5 Å². The number of halogens is 1. The van der Waals surface area contributed by atoms with E-state index in [1.807, 2.05) is 18.2 Å². The molecule has 1 amide bonds. The van der Waals surface area contributed by atoms with E-state index in [4.69, 9.17) is 9.47 Å². The number of carbonyl (C=O) groups is 1. The molecule has 108 valence electrons. The smallest absolute Gasteiger partial charge is 0.253 e. The zero-order valence-electron chi connectivity index (χ0n) is 10.8. The normalized spacial score (nSPS) is 12.2. The van der Waals surface area contributed by atoms with Crippen molar-refractivity contribution in [2.24, 2.45) is 0 Å². The van der Waals surface area contributed by atoms with Crippen molar-refractivity contribution in [3.63, 3.8) is 0 Å². The van der Waals surface area contributed by atoms with Gasteiger partial charge in [0.2, 0.25) is 6.79 Å². The fraction of sp³-hybridized carbons (Fsp3) is 0.143. The molecule has 3 rings (SSSR count). The summed E-state index contributed by atoms with van der Waals surface area (Å²) in [7, 11) is 0. The average Bonchev–Trinajstić information content (AvgIpc) is 2.92. The van der Waals surface area contributed by atoms with E-state index < -0.39 is 0 Å². The van der Waals surface area contributed by atoms with Crippen LogP contribution in [0.3, 0.4) is 0 Å². The molecule has 0 saturated carbocycles. The molecule has 2 heterocycles. The lowest BCUT2D eigenvalue weighted by atomic mass is 10.2. The van der Waals surface area contributed by atoms with Crippen molar-refractivity contribution in [3.8, 4) is 11.5 Å². The SMILES string of the molecule is O=C(NCc1ccc2c(c1)OCO2)c1cc[n+]([O-])cc1Br. The molecule has 1 aliphatic rings. The lowest BCUT2D eigenvalue weighted by molar-refractivity contribution is -0.606. The van der Waals surface area contributed by atoms with Crippen LogP contribution in [-0.2, 0) is 6.54 Å². The van der Waals surface area contributed by atoms with Crippen LogP contribution in [0.25, 0.3) is 0 Å². The van der Waals surface area contributed by atoms with E-state index in [0.29, 0.717) is 32.8 Å². The quantitative estimate of drug-likeness (QED) is 0.675. The average molecular weight is 351 g/mol. The first-order valence-corrected chi connectivity index (χ1v) is 6.98. The molecular weight excluding hydrogens is 340 g/mol. The minimum absolute atomic E-state index is 0.220. The van der Waals surface area contributed by atoms with E-state index in [9.17, 15) is 10.0 Å². The number of hydrogen-bond acceptors (Lipinski definition) is 4. The Morgan fingerprint density at radius 1 is 1.33 bits per heavy atom. The van der Waals surface area contributed by atoms with Gasteiger partial charge in [0, 0.05) is 12.6 Å². The van der Waals surface area contributed by atoms with Gasteiger partial charge in [-0.3, -0.25) is 4.79 Å². The summed E-state index contributed by atoms with van der Waals surface area (Å²) >= 11 is 3.20. The topological polar surface area (TPSA) is 74.5 Å². The van der Waals surface area contributed by atoms with Crippen molar-refractivity contribution in [2.75, 3.05) is 6.79 Å². The molecule has 2 aromatic rings. The van der Waals surface area contributed by atoms with Crippen molar-refractivity contribution in [2.45, 2.75) is 6.54 Å². The lowest BCUT2D eigenvalue weighted by Crippen LogP contribution is -2.28. The van der Waals surface area contributed by atoms with Crippen molar-refractivity contribution in [3.05, 3.63) is 57.5 Å². The van der Waals surface area contributed by atoms with E-state index in [1.54, 1.807) is 0 Å². The summed E-state index contributed by atoms with van der Waals surface area (Å²) in [4.78, 5) is 12.1. The number of nitrogens with zero attached hydrogens (tertiary/aromatic N) is 1. The standard InChI is InChI=1S/C14H11BrN2O4/c15-11-7-17(19)4-3-10(11)14(18)16-6-9-1-2-12-13(5-9)21-8-20-12/h1-5,7H,6,8H2,(H,16,18). The Labute approximate surface area is 129 Å². The van der Waals surface area contributed by atoms with Gasteiger partial charge < -0.3 is 20.0 Å². The van der Waals surface area contributed by atoms with E-state index in [2.05, 4.69) is 21.2 Å². The summed E-state index contributed by atoms with van der Waals surface area (Å²) in [6.07, 6.45) is 2.57. The van der Waals surface area contributed by atoms with E-state index in [0.717, 1.165) is 5.56 Å². The molecule has 0 aliphatic carbocycles. The van der Waals surface area contributed by atoms with Gasteiger partial charge in [-0.05, 0) is 33.6 Å². The Hall–Kier alpha value is -2.28. The Morgan fingerprint density at radius 2 is 2.14 bits per heavy atom. The number of rotatable bonds is 3. The lowest BCUT2D eigenvalue weighted by Gasteiger charge is -2.07. The minimum Gasteiger partial charge on any atom is -0.619 e. The van der Waals surface area contributed by atoms with Crippen LogP contribution in [0.2, 0.25) is 0 Å². The molecule has 0 bridgehead atoms. The van der Waals surface area contributed by atoms with E-state index >= 15 is 0 Å². The molecule has 0 radical (unpaired) electrons. The second-order valence-corrected chi connectivity index (χ2v) is 5.29. The van der Waals surface area contributed by atoms with Crippen LogP contribution < -0.4 is 19.5 Å². The Bertz CT molecular complexity index is 705. The highest BCUT2D eigenvalue weighted by molar-refractivity contribution is 9.10. The Balaban J connectivity index is 1.68. The summed E-state index contributed by atoms with van der Waals surface area (Å²) in [6, 6.07) is 6.96. The predicted octanol–water partition coefficient (Wildman–Crippen LogP) is 1.74. The first-order valence-electron chi connectivity index (χ1n) is 6.18. The number of pyridine rings is 1. The summed E-state index contributed by atoms with van der Waals surface area (Å²) in [6.45, 7) is 0.575. The fourth-order valence-electron chi connectivity index (χ4n) is 1.96. The maximum Gasteiger partial charge on any atom is 0.253 e. The molecule has 0 atom stereocenters. The first kappa shape index (κ1) is 13.7. The molecule has 21 heavy (non-hydrogen) atoms. The van der Waals surface area contributed by atoms with Crippen molar-refractivity contribution >= 4 is 21.8 Å². The van der Waals surface area contributed by atoms with Crippen LogP contribution in [0.4, 0.5) is 0 Å². The summed E-state index contributed by atoms with van der Waals surface area (Å²) in [5.41, 5.74) is 1.31. The number of carbonyl (C=O) groups excluding carboxylic acids is 1. The highest BCUT2D eigenvalue weighted by Gasteiger charge is 2.15. The third-order valence-electron chi connectivity index (χ3n) is 3.02. The van der Waals surface area contributed by atoms with Gasteiger partial charge in [-0.15, -0.1) is 0 Å². The first-order chi connectivity index (χ1) is 10.1. The van der Waals surface area contributed by atoms with Crippen molar-refractivity contribution in [1.82, 2.24) is 5.32 Å². The zero-order valence-corrected chi connectivity index (χ0v) is 12.4. The summed E-state index contributed by atoms with van der Waals surface area (Å²) in [5, 5.41) is 13.9. The van der Waals surface area contributed by atoms with Crippen LogP contribution in [0.1, 0.15) is 15.9 Å². The number of fused-ring (bicyclic) bond motifs is 1. The monoisotopic (exact) mass is 350 g/mol. The number of benzene rings is 1. The summed E-state index contributed by atoms with van der Waals surface area (Å²) < 4.78 is 11.6. The van der Waals surface area contributed by atoms with E-state index in [1.165, 1.54) is 18.5 Å². The molecule has 7 heteroatoms. The molecular formula is C14H11BrN2O4. The Kier molecular flexibility index (Phi) is 3.66. The van der Waals surface area contributed by atoms with E-state index in [-0.39, 0.29) is 12.7 Å². The number of nitrogens with one attached hydrogen (secondary N) is 1. The molecule has 1 N–H and O–H groups in total. The number of aromatic nitrogens is 1. The molecule has 6 nitrogen and oxygen atoms in total. The van der Waals surface area contributed by atoms with Gasteiger partial charge in [0.15, 0.2) is 23.9 Å². The van der Waals surface area contributed by atoms with Gasteiger partial charge in [-0.1, -0.05) is 6.07 Å². The van der Waals surface area contributed by atoms with Crippen molar-refractivity contribution < 1.29 is 19.0 Å². The van der Waals surface area contributed by atoms with Gasteiger partial charge in [0.05, 0.1) is 10.0 Å². The maximum atomic E-state index is 12.1. The third-order valence-corrected chi connectivity index (χ3v) is 3.65. The third kappa shape index (κ3) is 2.92. The second-order valence-electron chi connectivity index (χ2n) is 4.44. The molecule has 1 aromatic heterocycles. The van der Waals surface area contributed by atoms with Crippen LogP contribution in [0.15, 0.2) is 41.1 Å². The second kappa shape index (κ2) is 5.61. The molecule has 0 unspecified atom stereocenters. The number of hydrogen-bond donors (Lipinski definition) is 1. The van der Waals surface area contributed by atoms with Crippen LogP contribution >= 0.6 is 15.9 Å². The van der Waals surface area contributed by atoms with Crippen molar-refractivity contribution in [1.29, 1.82) is 0 Å². The fourth-order valence-corrected chi connectivity index (χ4v) is 2.48. The number of ether oxygens (including phenoxy) is 2. The molecule has 1 aromatic carbocycles. The molecule has 0 saturated heterocycles. The molecule has 1 aliphatic heterocycles.